The molecule has 7 heteroatoms. The van der Waals surface area contributed by atoms with Crippen molar-refractivity contribution in [2.45, 2.75) is 38.3 Å². The predicted octanol–water partition coefficient (Wildman–Crippen LogP) is 5.04. The Hall–Kier alpha value is -3.71. The van der Waals surface area contributed by atoms with Gasteiger partial charge in [-0.15, -0.1) is 0 Å². The molecule has 0 aliphatic carbocycles. The molecule has 0 saturated carbocycles. The molecule has 2 atom stereocenters. The summed E-state index contributed by atoms with van der Waals surface area (Å²) in [5.74, 6) is 0.0385. The van der Waals surface area contributed by atoms with Gasteiger partial charge in [0.1, 0.15) is 11.4 Å². The minimum atomic E-state index is -0.738. The Morgan fingerprint density at radius 1 is 1.24 bits per heavy atom. The number of aromatic nitrogens is 2. The fourth-order valence-electron chi connectivity index (χ4n) is 4.75. The molecule has 2 aromatic carbocycles. The van der Waals surface area contributed by atoms with E-state index in [1.54, 1.807) is 24.4 Å². The Labute approximate surface area is 197 Å². The third kappa shape index (κ3) is 4.26. The van der Waals surface area contributed by atoms with Gasteiger partial charge in [-0.3, -0.25) is 4.79 Å². The average molecular weight is 459 g/mol. The largest absolute Gasteiger partial charge is 0.453 e. The standard InChI is InChI=1S/C27H27FN4O2/c1-17-16-31-26-25(17)24(11-12-30-26)34-23-10-9-18(14-20(23)28)15-21(29)27(33)32-13-5-8-22(32)19-6-3-2-4-7-19/h2-4,6-7,9-12,14,16,21-22H,5,8,13,15,29H2,1H3,(H,30,31). The molecule has 0 bridgehead atoms. The Morgan fingerprint density at radius 2 is 2.06 bits per heavy atom. The summed E-state index contributed by atoms with van der Waals surface area (Å²) in [7, 11) is 0. The third-order valence-corrected chi connectivity index (χ3v) is 6.44. The number of H-pyrrole nitrogens is 1. The van der Waals surface area contributed by atoms with E-state index < -0.39 is 11.9 Å². The van der Waals surface area contributed by atoms with Crippen LogP contribution in [-0.2, 0) is 11.2 Å². The number of aromatic amines is 1. The number of hydrogen-bond acceptors (Lipinski definition) is 4. The molecule has 0 spiro atoms. The van der Waals surface area contributed by atoms with Crippen molar-refractivity contribution < 1.29 is 13.9 Å². The van der Waals surface area contributed by atoms with E-state index >= 15 is 0 Å². The minimum Gasteiger partial charge on any atom is -0.453 e. The zero-order chi connectivity index (χ0) is 23.7. The number of benzene rings is 2. The number of likely N-dealkylation sites (tertiary alicyclic amines) is 1. The van der Waals surface area contributed by atoms with Crippen LogP contribution in [0.5, 0.6) is 11.5 Å². The van der Waals surface area contributed by atoms with Crippen LogP contribution in [0, 0.1) is 12.7 Å². The van der Waals surface area contributed by atoms with Gasteiger partial charge in [0.15, 0.2) is 11.6 Å². The van der Waals surface area contributed by atoms with E-state index in [9.17, 15) is 9.18 Å². The Morgan fingerprint density at radius 3 is 2.85 bits per heavy atom. The van der Waals surface area contributed by atoms with Crippen LogP contribution in [0.15, 0.2) is 67.0 Å². The van der Waals surface area contributed by atoms with E-state index in [0.717, 1.165) is 29.4 Å². The number of amides is 1. The molecule has 1 aliphatic heterocycles. The molecule has 6 nitrogen and oxygen atoms in total. The predicted molar refractivity (Wildman–Crippen MR) is 129 cm³/mol. The molecule has 4 aromatic rings. The molecule has 1 aliphatic rings. The summed E-state index contributed by atoms with van der Waals surface area (Å²) in [6, 6.07) is 15.8. The first kappa shape index (κ1) is 22.1. The summed E-state index contributed by atoms with van der Waals surface area (Å²) in [4.78, 5) is 22.3. The zero-order valence-electron chi connectivity index (χ0n) is 19.0. The Kier molecular flexibility index (Phi) is 6.02. The Bertz CT molecular complexity index is 1320. The molecule has 174 valence electrons. The maximum absolute atomic E-state index is 14.9. The van der Waals surface area contributed by atoms with Crippen molar-refractivity contribution in [3.8, 4) is 11.5 Å². The van der Waals surface area contributed by atoms with Gasteiger partial charge in [0.2, 0.25) is 5.91 Å². The van der Waals surface area contributed by atoms with Crippen molar-refractivity contribution in [1.82, 2.24) is 14.9 Å². The van der Waals surface area contributed by atoms with Crippen LogP contribution < -0.4 is 10.5 Å². The van der Waals surface area contributed by atoms with E-state index in [4.69, 9.17) is 10.5 Å². The average Bonchev–Trinajstić information content (AvgIpc) is 3.48. The molecule has 1 fully saturated rings. The maximum Gasteiger partial charge on any atom is 0.240 e. The van der Waals surface area contributed by atoms with E-state index in [-0.39, 0.29) is 24.1 Å². The monoisotopic (exact) mass is 458 g/mol. The van der Waals surface area contributed by atoms with Crippen molar-refractivity contribution in [3.05, 3.63) is 89.5 Å². The van der Waals surface area contributed by atoms with Crippen molar-refractivity contribution >= 4 is 16.9 Å². The number of ether oxygens (including phenoxy) is 1. The number of pyridine rings is 1. The molecule has 3 N–H and O–H groups in total. The highest BCUT2D eigenvalue weighted by Gasteiger charge is 2.32. The number of carbonyl (C=O) groups excluding carboxylic acids is 1. The first-order valence-electron chi connectivity index (χ1n) is 11.5. The molecule has 34 heavy (non-hydrogen) atoms. The number of hydrogen-bond donors (Lipinski definition) is 2. The number of aryl methyl sites for hydroxylation is 1. The van der Waals surface area contributed by atoms with E-state index in [1.807, 2.05) is 48.4 Å². The molecule has 5 rings (SSSR count). The van der Waals surface area contributed by atoms with E-state index in [1.165, 1.54) is 6.07 Å². The molecule has 2 unspecified atom stereocenters. The van der Waals surface area contributed by atoms with Gasteiger partial charge in [-0.1, -0.05) is 36.4 Å². The van der Waals surface area contributed by atoms with Crippen molar-refractivity contribution in [3.63, 3.8) is 0 Å². The lowest BCUT2D eigenvalue weighted by molar-refractivity contribution is -0.133. The van der Waals surface area contributed by atoms with E-state index in [0.29, 0.717) is 23.5 Å². The quantitative estimate of drug-likeness (QED) is 0.424. The highest BCUT2D eigenvalue weighted by molar-refractivity contribution is 5.86. The summed E-state index contributed by atoms with van der Waals surface area (Å²) in [6.07, 6.45) is 5.58. The van der Waals surface area contributed by atoms with Crippen LogP contribution in [-0.4, -0.2) is 33.4 Å². The lowest BCUT2D eigenvalue weighted by Crippen LogP contribution is -2.44. The highest BCUT2D eigenvalue weighted by Crippen LogP contribution is 2.34. The van der Waals surface area contributed by atoms with Gasteiger partial charge in [0.05, 0.1) is 17.5 Å². The number of rotatable bonds is 6. The Balaban J connectivity index is 1.29. The molecular formula is C27H27FN4O2. The van der Waals surface area contributed by atoms with Crippen LogP contribution in [0.3, 0.4) is 0 Å². The fraction of sp³-hybridized carbons (Fsp3) is 0.259. The zero-order valence-corrected chi connectivity index (χ0v) is 19.0. The van der Waals surface area contributed by atoms with Crippen molar-refractivity contribution in [1.29, 1.82) is 0 Å². The van der Waals surface area contributed by atoms with Gasteiger partial charge in [-0.25, -0.2) is 9.37 Å². The topological polar surface area (TPSA) is 84.2 Å². The van der Waals surface area contributed by atoms with Gasteiger partial charge in [0, 0.05) is 18.9 Å². The second-order valence-corrected chi connectivity index (χ2v) is 8.78. The first-order valence-corrected chi connectivity index (χ1v) is 11.5. The molecule has 1 saturated heterocycles. The number of halogens is 1. The summed E-state index contributed by atoms with van der Waals surface area (Å²) in [5.41, 5.74) is 9.72. The van der Waals surface area contributed by atoms with Crippen LogP contribution >= 0.6 is 0 Å². The smallest absolute Gasteiger partial charge is 0.240 e. The maximum atomic E-state index is 14.9. The van der Waals surface area contributed by atoms with Crippen LogP contribution in [0.25, 0.3) is 11.0 Å². The molecular weight excluding hydrogens is 431 g/mol. The van der Waals surface area contributed by atoms with Crippen LogP contribution in [0.2, 0.25) is 0 Å². The number of nitrogens with two attached hydrogens (primary N) is 1. The van der Waals surface area contributed by atoms with Crippen molar-refractivity contribution in [2.75, 3.05) is 6.54 Å². The second kappa shape index (κ2) is 9.27. The summed E-state index contributed by atoms with van der Waals surface area (Å²) in [6.45, 7) is 2.63. The summed E-state index contributed by atoms with van der Waals surface area (Å²) >= 11 is 0. The molecule has 0 radical (unpaired) electrons. The van der Waals surface area contributed by atoms with E-state index in [2.05, 4.69) is 9.97 Å². The highest BCUT2D eigenvalue weighted by atomic mass is 19.1. The molecule has 2 aromatic heterocycles. The van der Waals surface area contributed by atoms with Crippen molar-refractivity contribution in [2.24, 2.45) is 5.73 Å². The lowest BCUT2D eigenvalue weighted by atomic mass is 10.0. The second-order valence-electron chi connectivity index (χ2n) is 8.78. The normalized spacial score (nSPS) is 16.7. The fourth-order valence-corrected chi connectivity index (χ4v) is 4.75. The number of fused-ring (bicyclic) bond motifs is 1. The van der Waals surface area contributed by atoms with Gasteiger partial charge in [0.25, 0.3) is 0 Å². The lowest BCUT2D eigenvalue weighted by Gasteiger charge is -2.28. The summed E-state index contributed by atoms with van der Waals surface area (Å²) < 4.78 is 20.8. The van der Waals surface area contributed by atoms with Gasteiger partial charge in [-0.05, 0) is 61.1 Å². The number of carbonyl (C=O) groups is 1. The van der Waals surface area contributed by atoms with Crippen LogP contribution in [0.4, 0.5) is 4.39 Å². The first-order chi connectivity index (χ1) is 16.5. The molecule has 3 heterocycles. The van der Waals surface area contributed by atoms with Gasteiger partial charge in [-0.2, -0.15) is 0 Å². The number of nitrogens with one attached hydrogen (secondary N) is 1. The third-order valence-electron chi connectivity index (χ3n) is 6.44. The van der Waals surface area contributed by atoms with Crippen LogP contribution in [0.1, 0.15) is 35.6 Å². The van der Waals surface area contributed by atoms with Gasteiger partial charge < -0.3 is 20.4 Å². The summed E-state index contributed by atoms with van der Waals surface area (Å²) in [5, 5.41) is 0.817. The number of nitrogens with zero attached hydrogens (tertiary/aromatic N) is 2. The molecule has 1 amide bonds. The van der Waals surface area contributed by atoms with Gasteiger partial charge >= 0.3 is 0 Å². The minimum absolute atomic E-state index is 0.0429. The SMILES string of the molecule is Cc1c[nH]c2nccc(Oc3ccc(CC(N)C(=O)N4CCCC4c4ccccc4)cc3F)c12.